The van der Waals surface area contributed by atoms with Gasteiger partial charge in [-0.2, -0.15) is 5.10 Å². The first kappa shape index (κ1) is 11.1. The normalized spacial score (nSPS) is 10.7. The number of nitrogens with two attached hydrogens (primary N) is 2. The van der Waals surface area contributed by atoms with Crippen LogP contribution in [0.15, 0.2) is 36.7 Å². The number of rotatable bonds is 2. The predicted octanol–water partition coefficient (Wildman–Crippen LogP) is 0.497. The summed E-state index contributed by atoms with van der Waals surface area (Å²) >= 11 is 0. The van der Waals surface area contributed by atoms with E-state index in [0.29, 0.717) is 5.82 Å². The second-order valence-corrected chi connectivity index (χ2v) is 3.96. The first-order valence-electron chi connectivity index (χ1n) is 5.52. The van der Waals surface area contributed by atoms with Gasteiger partial charge in [-0.15, -0.1) is 0 Å². The smallest absolute Gasteiger partial charge is 0.271 e. The summed E-state index contributed by atoms with van der Waals surface area (Å²) in [6.45, 7) is 0. The Morgan fingerprint density at radius 1 is 1.21 bits per heavy atom. The van der Waals surface area contributed by atoms with Gasteiger partial charge < -0.3 is 11.5 Å². The third-order valence-corrected chi connectivity index (χ3v) is 2.65. The van der Waals surface area contributed by atoms with E-state index in [1.807, 2.05) is 24.3 Å². The molecular weight excluding hydrogens is 244 g/mol. The van der Waals surface area contributed by atoms with Crippen LogP contribution in [-0.4, -0.2) is 25.7 Å². The van der Waals surface area contributed by atoms with Gasteiger partial charge in [-0.1, -0.05) is 12.1 Å². The summed E-state index contributed by atoms with van der Waals surface area (Å²) in [7, 11) is 0. The standard InChI is InChI=1S/C12H10N6O/c13-7-6-18(17-11(7)12(14)19)10-5-15-8-3-1-2-4-9(8)16-10/h1-6H,13H2,(H2,14,19). The molecule has 3 rings (SSSR count). The van der Waals surface area contributed by atoms with Gasteiger partial charge >= 0.3 is 0 Å². The van der Waals surface area contributed by atoms with Gasteiger partial charge in [0.1, 0.15) is 0 Å². The van der Waals surface area contributed by atoms with Crippen LogP contribution in [0.3, 0.4) is 0 Å². The summed E-state index contributed by atoms with van der Waals surface area (Å²) < 4.78 is 1.38. The zero-order valence-electron chi connectivity index (χ0n) is 9.82. The number of para-hydroxylation sites is 2. The van der Waals surface area contributed by atoms with E-state index in [2.05, 4.69) is 15.1 Å². The second-order valence-electron chi connectivity index (χ2n) is 3.96. The van der Waals surface area contributed by atoms with Crippen LogP contribution in [-0.2, 0) is 0 Å². The van der Waals surface area contributed by atoms with E-state index in [1.54, 1.807) is 6.20 Å². The summed E-state index contributed by atoms with van der Waals surface area (Å²) in [4.78, 5) is 19.8. The van der Waals surface area contributed by atoms with Crippen LogP contribution < -0.4 is 11.5 Å². The van der Waals surface area contributed by atoms with Crippen LogP contribution in [0.5, 0.6) is 0 Å². The lowest BCUT2D eigenvalue weighted by Gasteiger charge is -2.01. The summed E-state index contributed by atoms with van der Waals surface area (Å²) in [5.41, 5.74) is 12.6. The largest absolute Gasteiger partial charge is 0.396 e. The van der Waals surface area contributed by atoms with Crippen LogP contribution in [0.2, 0.25) is 0 Å². The Bertz CT molecular complexity index is 779. The molecular formula is C12H10N6O. The number of amides is 1. The highest BCUT2D eigenvalue weighted by molar-refractivity contribution is 5.95. The van der Waals surface area contributed by atoms with Gasteiger partial charge in [0.05, 0.1) is 29.1 Å². The molecule has 0 radical (unpaired) electrons. The minimum atomic E-state index is -0.676. The molecule has 0 saturated carbocycles. The molecule has 1 amide bonds. The van der Waals surface area contributed by atoms with Crippen LogP contribution >= 0.6 is 0 Å². The Labute approximate surface area is 107 Å². The minimum absolute atomic E-state index is 0.0231. The SMILES string of the molecule is NC(=O)c1nn(-c2cnc3ccccc3n2)cc1N. The molecule has 94 valence electrons. The van der Waals surface area contributed by atoms with Gasteiger partial charge in [0.2, 0.25) is 0 Å². The summed E-state index contributed by atoms with van der Waals surface area (Å²) in [6.07, 6.45) is 3.04. The van der Waals surface area contributed by atoms with Gasteiger partial charge in [-0.3, -0.25) is 9.78 Å². The maximum atomic E-state index is 11.1. The van der Waals surface area contributed by atoms with Gasteiger partial charge in [0.15, 0.2) is 11.5 Å². The molecule has 3 aromatic rings. The van der Waals surface area contributed by atoms with Crippen molar-refractivity contribution >= 4 is 22.6 Å². The Morgan fingerprint density at radius 3 is 2.63 bits per heavy atom. The molecule has 7 nitrogen and oxygen atoms in total. The number of carbonyl (C=O) groups excluding carboxylic acids is 1. The molecule has 0 aliphatic heterocycles. The maximum Gasteiger partial charge on any atom is 0.271 e. The molecule has 0 aliphatic rings. The lowest BCUT2D eigenvalue weighted by molar-refractivity contribution is 0.0996. The number of nitrogens with zero attached hydrogens (tertiary/aromatic N) is 4. The fourth-order valence-electron chi connectivity index (χ4n) is 1.75. The Kier molecular flexibility index (Phi) is 2.38. The van der Waals surface area contributed by atoms with E-state index in [4.69, 9.17) is 11.5 Å². The van der Waals surface area contributed by atoms with Crippen LogP contribution in [0.4, 0.5) is 5.69 Å². The summed E-state index contributed by atoms with van der Waals surface area (Å²) in [5, 5.41) is 4.00. The van der Waals surface area contributed by atoms with E-state index in [9.17, 15) is 4.79 Å². The van der Waals surface area contributed by atoms with Crippen LogP contribution in [0.25, 0.3) is 16.9 Å². The highest BCUT2D eigenvalue weighted by atomic mass is 16.1. The number of hydrogen-bond donors (Lipinski definition) is 2. The number of benzene rings is 1. The highest BCUT2D eigenvalue weighted by Gasteiger charge is 2.13. The van der Waals surface area contributed by atoms with Crippen molar-refractivity contribution in [2.75, 3.05) is 5.73 Å². The monoisotopic (exact) mass is 254 g/mol. The highest BCUT2D eigenvalue weighted by Crippen LogP contribution is 2.14. The van der Waals surface area contributed by atoms with Crippen molar-refractivity contribution in [1.29, 1.82) is 0 Å². The van der Waals surface area contributed by atoms with Crippen molar-refractivity contribution in [3.63, 3.8) is 0 Å². The quantitative estimate of drug-likeness (QED) is 0.691. The number of primary amides is 1. The van der Waals surface area contributed by atoms with Crippen LogP contribution in [0.1, 0.15) is 10.5 Å². The molecule has 0 bridgehead atoms. The van der Waals surface area contributed by atoms with E-state index < -0.39 is 5.91 Å². The van der Waals surface area contributed by atoms with Gasteiger partial charge in [0, 0.05) is 0 Å². The first-order valence-corrected chi connectivity index (χ1v) is 5.52. The molecule has 4 N–H and O–H groups in total. The molecule has 2 aromatic heterocycles. The van der Waals surface area contributed by atoms with Crippen molar-refractivity contribution in [2.24, 2.45) is 5.73 Å². The number of anilines is 1. The molecule has 0 saturated heterocycles. The Morgan fingerprint density at radius 2 is 1.95 bits per heavy atom. The van der Waals surface area contributed by atoms with Gasteiger partial charge in [-0.25, -0.2) is 9.67 Å². The number of nitrogen functional groups attached to an aromatic ring is 1. The molecule has 0 aliphatic carbocycles. The van der Waals surface area contributed by atoms with Crippen molar-refractivity contribution in [1.82, 2.24) is 19.7 Å². The molecule has 0 fully saturated rings. The fourth-order valence-corrected chi connectivity index (χ4v) is 1.75. The fraction of sp³-hybridized carbons (Fsp3) is 0. The molecule has 7 heteroatoms. The van der Waals surface area contributed by atoms with Crippen molar-refractivity contribution in [3.05, 3.63) is 42.4 Å². The minimum Gasteiger partial charge on any atom is -0.396 e. The number of carbonyl (C=O) groups is 1. The molecule has 2 heterocycles. The van der Waals surface area contributed by atoms with Crippen LogP contribution in [0, 0.1) is 0 Å². The third-order valence-electron chi connectivity index (χ3n) is 2.65. The molecule has 0 atom stereocenters. The topological polar surface area (TPSA) is 113 Å². The molecule has 19 heavy (non-hydrogen) atoms. The molecule has 0 spiro atoms. The Balaban J connectivity index is 2.13. The number of hydrogen-bond acceptors (Lipinski definition) is 5. The van der Waals surface area contributed by atoms with Gasteiger partial charge in [-0.05, 0) is 12.1 Å². The van der Waals surface area contributed by atoms with E-state index in [-0.39, 0.29) is 11.4 Å². The summed E-state index contributed by atoms with van der Waals surface area (Å²) in [6, 6.07) is 7.45. The van der Waals surface area contributed by atoms with E-state index >= 15 is 0 Å². The van der Waals surface area contributed by atoms with E-state index in [0.717, 1.165) is 11.0 Å². The second kappa shape index (κ2) is 4.05. The predicted molar refractivity (Wildman–Crippen MR) is 69.6 cm³/mol. The molecule has 0 unspecified atom stereocenters. The number of aromatic nitrogens is 4. The third kappa shape index (κ3) is 1.86. The lowest BCUT2D eigenvalue weighted by Crippen LogP contribution is -2.14. The number of fused-ring (bicyclic) bond motifs is 1. The zero-order chi connectivity index (χ0) is 13.4. The average molecular weight is 254 g/mol. The average Bonchev–Trinajstić information content (AvgIpc) is 2.80. The van der Waals surface area contributed by atoms with Gasteiger partial charge in [0.25, 0.3) is 5.91 Å². The first-order chi connectivity index (χ1) is 9.15. The Hall–Kier alpha value is -2.96. The summed E-state index contributed by atoms with van der Waals surface area (Å²) in [5.74, 6) is -0.206. The lowest BCUT2D eigenvalue weighted by atomic mass is 10.3. The molecule has 1 aromatic carbocycles. The van der Waals surface area contributed by atoms with Crippen molar-refractivity contribution in [3.8, 4) is 5.82 Å². The zero-order valence-corrected chi connectivity index (χ0v) is 9.82. The van der Waals surface area contributed by atoms with E-state index in [1.165, 1.54) is 10.9 Å². The van der Waals surface area contributed by atoms with Crippen molar-refractivity contribution < 1.29 is 4.79 Å². The maximum absolute atomic E-state index is 11.1. The van der Waals surface area contributed by atoms with Crippen molar-refractivity contribution in [2.45, 2.75) is 0 Å².